The molecule has 0 aromatic carbocycles. The fraction of sp³-hybridized carbons (Fsp3) is 0.667. The Labute approximate surface area is 105 Å². The molecule has 1 aromatic rings. The number of hydrogen-bond acceptors (Lipinski definition) is 2. The first-order chi connectivity index (χ1) is 6.91. The Hall–Kier alpha value is 0.140. The summed E-state index contributed by atoms with van der Waals surface area (Å²) in [6.45, 7) is 6.62. The average Bonchev–Trinajstić information content (AvgIpc) is 2.50. The minimum absolute atomic E-state index is 0.229. The molecule has 1 aromatic heterocycles. The molecule has 1 atom stereocenters. The van der Waals surface area contributed by atoms with Gasteiger partial charge in [0.25, 0.3) is 0 Å². The number of rotatable bonds is 4. The molecule has 0 saturated carbocycles. The van der Waals surface area contributed by atoms with Gasteiger partial charge in [-0.25, -0.2) is 0 Å². The highest BCUT2D eigenvalue weighted by Crippen LogP contribution is 2.26. The summed E-state index contributed by atoms with van der Waals surface area (Å²) in [6.07, 6.45) is 3.42. The van der Waals surface area contributed by atoms with E-state index >= 15 is 0 Å². The average molecular weight is 290 g/mol. The molecule has 1 rings (SSSR count). The fourth-order valence-corrected chi connectivity index (χ4v) is 3.02. The lowest BCUT2D eigenvalue weighted by Gasteiger charge is -2.26. The zero-order valence-corrected chi connectivity index (χ0v) is 12.1. The third-order valence-electron chi connectivity index (χ3n) is 2.72. The van der Waals surface area contributed by atoms with Crippen LogP contribution in [0.1, 0.15) is 38.5 Å². The van der Waals surface area contributed by atoms with Gasteiger partial charge in [-0.1, -0.05) is 20.8 Å². The second kappa shape index (κ2) is 5.46. The van der Waals surface area contributed by atoms with E-state index in [-0.39, 0.29) is 5.41 Å². The summed E-state index contributed by atoms with van der Waals surface area (Å²) in [5.74, 6) is 0. The van der Waals surface area contributed by atoms with Gasteiger partial charge in [-0.15, -0.1) is 11.3 Å². The van der Waals surface area contributed by atoms with Crippen LogP contribution in [0.3, 0.4) is 0 Å². The summed E-state index contributed by atoms with van der Waals surface area (Å²) in [7, 11) is 0. The Morgan fingerprint density at radius 3 is 2.60 bits per heavy atom. The number of hydrogen-bond donors (Lipinski definition) is 1. The molecule has 0 amide bonds. The van der Waals surface area contributed by atoms with Crippen molar-refractivity contribution < 1.29 is 0 Å². The summed E-state index contributed by atoms with van der Waals surface area (Å²) >= 11 is 5.37. The van der Waals surface area contributed by atoms with Crippen molar-refractivity contribution in [3.63, 3.8) is 0 Å². The Morgan fingerprint density at radius 2 is 2.13 bits per heavy atom. The van der Waals surface area contributed by atoms with Gasteiger partial charge in [-0.2, -0.15) is 0 Å². The second-order valence-corrected chi connectivity index (χ2v) is 6.91. The lowest BCUT2D eigenvalue weighted by molar-refractivity contribution is 0.301. The van der Waals surface area contributed by atoms with Crippen LogP contribution >= 0.6 is 27.3 Å². The molecule has 3 heteroatoms. The van der Waals surface area contributed by atoms with Gasteiger partial charge in [0.2, 0.25) is 0 Å². The predicted molar refractivity (Wildman–Crippen MR) is 72.4 cm³/mol. The van der Waals surface area contributed by atoms with Crippen molar-refractivity contribution in [2.75, 3.05) is 0 Å². The predicted octanol–water partition coefficient (Wildman–Crippen LogP) is 4.21. The standard InChI is InChI=1S/C12H20BrNS/c1-12(2,3)11(14)6-4-5-10-9(13)7-8-15-10/h7-8,11H,4-6,14H2,1-3H3. The maximum absolute atomic E-state index is 6.12. The molecular weight excluding hydrogens is 270 g/mol. The van der Waals surface area contributed by atoms with Gasteiger partial charge >= 0.3 is 0 Å². The SMILES string of the molecule is CC(C)(C)C(N)CCCc1sccc1Br. The van der Waals surface area contributed by atoms with Crippen LogP contribution in [-0.4, -0.2) is 6.04 Å². The van der Waals surface area contributed by atoms with Crippen LogP contribution in [0.5, 0.6) is 0 Å². The quantitative estimate of drug-likeness (QED) is 0.883. The molecule has 1 nitrogen and oxygen atoms in total. The van der Waals surface area contributed by atoms with E-state index in [0.717, 1.165) is 12.8 Å². The van der Waals surface area contributed by atoms with Crippen LogP contribution in [0, 0.1) is 5.41 Å². The molecule has 0 aliphatic heterocycles. The zero-order chi connectivity index (χ0) is 11.5. The van der Waals surface area contributed by atoms with E-state index < -0.39 is 0 Å². The van der Waals surface area contributed by atoms with Gasteiger partial charge in [0.05, 0.1) is 0 Å². The minimum atomic E-state index is 0.229. The molecule has 2 N–H and O–H groups in total. The smallest absolute Gasteiger partial charge is 0.0314 e. The second-order valence-electron chi connectivity index (χ2n) is 5.06. The fourth-order valence-electron chi connectivity index (χ4n) is 1.42. The third-order valence-corrected chi connectivity index (χ3v) is 4.71. The lowest BCUT2D eigenvalue weighted by Crippen LogP contribution is -2.34. The highest BCUT2D eigenvalue weighted by Gasteiger charge is 2.19. The van der Waals surface area contributed by atoms with E-state index in [9.17, 15) is 0 Å². The van der Waals surface area contributed by atoms with Gasteiger partial charge in [0, 0.05) is 15.4 Å². The molecule has 1 unspecified atom stereocenters. The Balaban J connectivity index is 2.31. The van der Waals surface area contributed by atoms with Gasteiger partial charge in [-0.3, -0.25) is 0 Å². The molecule has 0 fully saturated rings. The highest BCUT2D eigenvalue weighted by molar-refractivity contribution is 9.10. The summed E-state index contributed by atoms with van der Waals surface area (Å²) < 4.78 is 1.25. The zero-order valence-electron chi connectivity index (χ0n) is 9.72. The highest BCUT2D eigenvalue weighted by atomic mass is 79.9. The van der Waals surface area contributed by atoms with E-state index in [4.69, 9.17) is 5.73 Å². The van der Waals surface area contributed by atoms with Crippen molar-refractivity contribution in [2.24, 2.45) is 11.1 Å². The molecule has 1 heterocycles. The topological polar surface area (TPSA) is 26.0 Å². The normalized spacial score (nSPS) is 14.2. The largest absolute Gasteiger partial charge is 0.327 e. The Morgan fingerprint density at radius 1 is 1.47 bits per heavy atom. The van der Waals surface area contributed by atoms with Crippen molar-refractivity contribution in [3.8, 4) is 0 Å². The number of aryl methyl sites for hydroxylation is 1. The van der Waals surface area contributed by atoms with Crippen molar-refractivity contribution in [2.45, 2.75) is 46.1 Å². The molecule has 86 valence electrons. The first kappa shape index (κ1) is 13.2. The maximum atomic E-state index is 6.12. The van der Waals surface area contributed by atoms with Gasteiger partial charge in [0.15, 0.2) is 0 Å². The van der Waals surface area contributed by atoms with Crippen LogP contribution in [0.15, 0.2) is 15.9 Å². The summed E-state index contributed by atoms with van der Waals surface area (Å²) in [5.41, 5.74) is 6.35. The van der Waals surface area contributed by atoms with Crippen molar-refractivity contribution in [1.29, 1.82) is 0 Å². The third kappa shape index (κ3) is 4.25. The Bertz CT molecular complexity index is 301. The molecule has 0 aliphatic carbocycles. The molecule has 0 spiro atoms. The van der Waals surface area contributed by atoms with Gasteiger partial charge in [0.1, 0.15) is 0 Å². The number of halogens is 1. The summed E-state index contributed by atoms with van der Waals surface area (Å²) in [6, 6.07) is 2.42. The molecule has 0 saturated heterocycles. The minimum Gasteiger partial charge on any atom is -0.327 e. The molecule has 0 bridgehead atoms. The van der Waals surface area contributed by atoms with Crippen LogP contribution in [0.4, 0.5) is 0 Å². The van der Waals surface area contributed by atoms with E-state index in [1.165, 1.54) is 15.8 Å². The van der Waals surface area contributed by atoms with Crippen molar-refractivity contribution in [3.05, 3.63) is 20.8 Å². The maximum Gasteiger partial charge on any atom is 0.0314 e. The van der Waals surface area contributed by atoms with Crippen LogP contribution in [-0.2, 0) is 6.42 Å². The van der Waals surface area contributed by atoms with E-state index in [1.54, 1.807) is 0 Å². The number of nitrogens with two attached hydrogens (primary N) is 1. The van der Waals surface area contributed by atoms with Crippen molar-refractivity contribution >= 4 is 27.3 Å². The van der Waals surface area contributed by atoms with Gasteiger partial charge in [-0.05, 0) is 52.1 Å². The molecule has 0 radical (unpaired) electrons. The number of thiophene rings is 1. The van der Waals surface area contributed by atoms with E-state index in [1.807, 2.05) is 11.3 Å². The van der Waals surface area contributed by atoms with Crippen molar-refractivity contribution in [1.82, 2.24) is 0 Å². The van der Waals surface area contributed by atoms with E-state index in [2.05, 4.69) is 48.1 Å². The first-order valence-corrected chi connectivity index (χ1v) is 7.06. The summed E-state index contributed by atoms with van der Waals surface area (Å²) in [5, 5.41) is 2.13. The monoisotopic (exact) mass is 289 g/mol. The lowest BCUT2D eigenvalue weighted by atomic mass is 9.84. The van der Waals surface area contributed by atoms with E-state index in [0.29, 0.717) is 6.04 Å². The Kier molecular flexibility index (Phi) is 4.81. The van der Waals surface area contributed by atoms with Crippen LogP contribution in [0.2, 0.25) is 0 Å². The molecule has 15 heavy (non-hydrogen) atoms. The first-order valence-electron chi connectivity index (χ1n) is 5.38. The molecule has 0 aliphatic rings. The summed E-state index contributed by atoms with van der Waals surface area (Å²) in [4.78, 5) is 1.44. The van der Waals surface area contributed by atoms with Gasteiger partial charge < -0.3 is 5.73 Å². The molecular formula is C12H20BrNS. The van der Waals surface area contributed by atoms with Crippen LogP contribution in [0.25, 0.3) is 0 Å². The van der Waals surface area contributed by atoms with Crippen LogP contribution < -0.4 is 5.73 Å².